The van der Waals surface area contributed by atoms with Gasteiger partial charge in [-0.25, -0.2) is 0 Å². The predicted octanol–water partition coefficient (Wildman–Crippen LogP) is 2.29. The van der Waals surface area contributed by atoms with Crippen LogP contribution in [0.3, 0.4) is 0 Å². The van der Waals surface area contributed by atoms with Crippen LogP contribution in [-0.4, -0.2) is 27.5 Å². The molecule has 0 radical (unpaired) electrons. The van der Waals surface area contributed by atoms with Crippen molar-refractivity contribution in [1.29, 1.82) is 0 Å². The van der Waals surface area contributed by atoms with Gasteiger partial charge in [-0.15, -0.1) is 0 Å². The molecule has 1 heterocycles. The highest BCUT2D eigenvalue weighted by molar-refractivity contribution is 6.04. The molecule has 0 unspecified atom stereocenters. The second-order valence-corrected chi connectivity index (χ2v) is 6.76. The van der Waals surface area contributed by atoms with E-state index in [4.69, 9.17) is 5.73 Å². The third-order valence-electron chi connectivity index (χ3n) is 4.77. The Morgan fingerprint density at radius 3 is 2.37 bits per heavy atom. The summed E-state index contributed by atoms with van der Waals surface area (Å²) in [6, 6.07) is 7.80. The van der Waals surface area contributed by atoms with Crippen molar-refractivity contribution in [2.45, 2.75) is 32.1 Å². The number of nitrogens with zero attached hydrogens (tertiary/aromatic N) is 2. The third kappa shape index (κ3) is 4.52. The molecule has 8 nitrogen and oxygen atoms in total. The lowest BCUT2D eigenvalue weighted by molar-refractivity contribution is -0.120. The summed E-state index contributed by atoms with van der Waals surface area (Å²) in [6.07, 6.45) is 5.13. The molecule has 3 amide bonds. The molecular formula is C19H23N5O3. The number of benzene rings is 1. The Labute approximate surface area is 157 Å². The molecule has 0 bridgehead atoms. The van der Waals surface area contributed by atoms with Crippen LogP contribution in [0.2, 0.25) is 0 Å². The molecule has 0 spiro atoms. The van der Waals surface area contributed by atoms with Crippen LogP contribution in [0.25, 0.3) is 0 Å². The Morgan fingerprint density at radius 1 is 1.07 bits per heavy atom. The summed E-state index contributed by atoms with van der Waals surface area (Å²) < 4.78 is 1.48. The van der Waals surface area contributed by atoms with Gasteiger partial charge in [-0.3, -0.25) is 19.1 Å². The molecule has 4 N–H and O–H groups in total. The number of amides is 3. The van der Waals surface area contributed by atoms with Crippen LogP contribution in [-0.2, 0) is 11.8 Å². The van der Waals surface area contributed by atoms with Crippen molar-refractivity contribution < 1.29 is 14.4 Å². The first kappa shape index (κ1) is 18.6. The van der Waals surface area contributed by atoms with Crippen molar-refractivity contribution in [3.63, 3.8) is 0 Å². The Bertz CT molecular complexity index is 851. The van der Waals surface area contributed by atoms with Crippen LogP contribution < -0.4 is 16.4 Å². The van der Waals surface area contributed by atoms with E-state index in [1.807, 2.05) is 0 Å². The monoisotopic (exact) mass is 369 g/mol. The summed E-state index contributed by atoms with van der Waals surface area (Å²) in [5, 5.41) is 9.74. The zero-order chi connectivity index (χ0) is 19.4. The number of rotatable bonds is 5. The number of primary amides is 1. The van der Waals surface area contributed by atoms with Gasteiger partial charge in [0.05, 0.1) is 0 Å². The zero-order valence-electron chi connectivity index (χ0n) is 15.2. The number of aryl methyl sites for hydroxylation is 1. The van der Waals surface area contributed by atoms with Crippen molar-refractivity contribution in [3.8, 4) is 0 Å². The van der Waals surface area contributed by atoms with Gasteiger partial charge >= 0.3 is 0 Å². The largest absolute Gasteiger partial charge is 0.366 e. The Morgan fingerprint density at radius 2 is 1.74 bits per heavy atom. The van der Waals surface area contributed by atoms with Gasteiger partial charge < -0.3 is 16.4 Å². The van der Waals surface area contributed by atoms with Gasteiger partial charge in [-0.1, -0.05) is 19.3 Å². The third-order valence-corrected chi connectivity index (χ3v) is 4.77. The molecule has 1 aromatic carbocycles. The average molecular weight is 369 g/mol. The van der Waals surface area contributed by atoms with Gasteiger partial charge in [-0.05, 0) is 37.1 Å². The van der Waals surface area contributed by atoms with Crippen LogP contribution in [0.5, 0.6) is 0 Å². The van der Waals surface area contributed by atoms with E-state index < -0.39 is 11.8 Å². The minimum absolute atomic E-state index is 0.0216. The fraction of sp³-hybridized carbons (Fsp3) is 0.368. The van der Waals surface area contributed by atoms with Gasteiger partial charge in [0.25, 0.3) is 5.91 Å². The molecule has 0 saturated heterocycles. The number of carbonyl (C=O) groups excluding carboxylic acids is 3. The van der Waals surface area contributed by atoms with Crippen LogP contribution in [0, 0.1) is 5.92 Å². The molecule has 8 heteroatoms. The predicted molar refractivity (Wildman–Crippen MR) is 101 cm³/mol. The number of carbonyl (C=O) groups is 3. The summed E-state index contributed by atoms with van der Waals surface area (Å²) in [6.45, 7) is 0. The summed E-state index contributed by atoms with van der Waals surface area (Å²) >= 11 is 0. The number of hydrogen-bond acceptors (Lipinski definition) is 4. The average Bonchev–Trinajstić information content (AvgIpc) is 3.03. The molecule has 1 aliphatic rings. The topological polar surface area (TPSA) is 119 Å². The minimum atomic E-state index is -0.532. The SMILES string of the molecule is Cn1nc(C(=O)Nc2ccc(C(N)=O)cc2)cc1NC(=O)C1CCCCC1. The Kier molecular flexibility index (Phi) is 5.54. The molecule has 1 fully saturated rings. The maximum atomic E-state index is 12.4. The zero-order valence-corrected chi connectivity index (χ0v) is 15.2. The van der Waals surface area contributed by atoms with Crippen LogP contribution in [0.1, 0.15) is 53.0 Å². The number of nitrogens with one attached hydrogen (secondary N) is 2. The van der Waals surface area contributed by atoms with Crippen LogP contribution in [0.4, 0.5) is 11.5 Å². The lowest BCUT2D eigenvalue weighted by atomic mass is 9.89. The van der Waals surface area contributed by atoms with Gasteiger partial charge in [0.15, 0.2) is 5.69 Å². The van der Waals surface area contributed by atoms with E-state index in [2.05, 4.69) is 15.7 Å². The molecule has 1 saturated carbocycles. The highest BCUT2D eigenvalue weighted by Gasteiger charge is 2.23. The molecule has 1 aliphatic carbocycles. The van der Waals surface area contributed by atoms with Crippen LogP contribution in [0.15, 0.2) is 30.3 Å². The normalized spacial score (nSPS) is 14.6. The molecule has 142 valence electrons. The summed E-state index contributed by atoms with van der Waals surface area (Å²) in [7, 11) is 1.68. The number of anilines is 2. The van der Waals surface area contributed by atoms with Crippen LogP contribution >= 0.6 is 0 Å². The quantitative estimate of drug-likeness (QED) is 0.749. The highest BCUT2D eigenvalue weighted by atomic mass is 16.2. The van der Waals surface area contributed by atoms with Crippen molar-refractivity contribution in [3.05, 3.63) is 41.6 Å². The second kappa shape index (κ2) is 8.03. The molecule has 0 atom stereocenters. The van der Waals surface area contributed by atoms with E-state index in [-0.39, 0.29) is 17.5 Å². The molecule has 27 heavy (non-hydrogen) atoms. The standard InChI is InChI=1S/C19H23N5O3/c1-24-16(22-18(26)13-5-3-2-4-6-13)11-15(23-24)19(27)21-14-9-7-12(8-10-14)17(20)25/h7-11,13H,2-6H2,1H3,(H2,20,25)(H,21,27)(H,22,26). The fourth-order valence-electron chi connectivity index (χ4n) is 3.20. The first-order valence-electron chi connectivity index (χ1n) is 9.00. The van der Waals surface area contributed by atoms with Crippen molar-refractivity contribution in [2.75, 3.05) is 10.6 Å². The van der Waals surface area contributed by atoms with Gasteiger partial charge in [0, 0.05) is 30.3 Å². The Hall–Kier alpha value is -3.16. The minimum Gasteiger partial charge on any atom is -0.366 e. The van der Waals surface area contributed by atoms with E-state index in [1.165, 1.54) is 23.2 Å². The Balaban J connectivity index is 1.65. The smallest absolute Gasteiger partial charge is 0.276 e. The first-order valence-corrected chi connectivity index (χ1v) is 9.00. The summed E-state index contributed by atoms with van der Waals surface area (Å²) in [5.74, 6) is -0.451. The molecule has 0 aliphatic heterocycles. The second-order valence-electron chi connectivity index (χ2n) is 6.76. The molecule has 3 rings (SSSR count). The summed E-state index contributed by atoms with van der Waals surface area (Å²) in [4.78, 5) is 35.9. The van der Waals surface area contributed by atoms with Crippen molar-refractivity contribution in [1.82, 2.24) is 9.78 Å². The lowest BCUT2D eigenvalue weighted by Crippen LogP contribution is -2.25. The van der Waals surface area contributed by atoms with Crippen molar-refractivity contribution in [2.24, 2.45) is 18.7 Å². The lowest BCUT2D eigenvalue weighted by Gasteiger charge is -2.20. The fourth-order valence-corrected chi connectivity index (χ4v) is 3.20. The van der Waals surface area contributed by atoms with Gasteiger partial charge in [0.2, 0.25) is 11.8 Å². The molecule has 2 aromatic rings. The maximum Gasteiger partial charge on any atom is 0.276 e. The number of hydrogen-bond donors (Lipinski definition) is 3. The maximum absolute atomic E-state index is 12.4. The van der Waals surface area contributed by atoms with Gasteiger partial charge in [-0.2, -0.15) is 5.10 Å². The van der Waals surface area contributed by atoms with E-state index >= 15 is 0 Å². The summed E-state index contributed by atoms with van der Waals surface area (Å²) in [5.41, 5.74) is 6.26. The van der Waals surface area contributed by atoms with Gasteiger partial charge in [0.1, 0.15) is 5.82 Å². The molecule has 1 aromatic heterocycles. The van der Waals surface area contributed by atoms with E-state index in [0.717, 1.165) is 25.7 Å². The van der Waals surface area contributed by atoms with E-state index in [1.54, 1.807) is 25.2 Å². The molecular weight excluding hydrogens is 346 g/mol. The van der Waals surface area contributed by atoms with E-state index in [9.17, 15) is 14.4 Å². The number of nitrogens with two attached hydrogens (primary N) is 1. The first-order chi connectivity index (χ1) is 12.9. The highest BCUT2D eigenvalue weighted by Crippen LogP contribution is 2.25. The van der Waals surface area contributed by atoms with Crippen molar-refractivity contribution >= 4 is 29.2 Å². The number of aromatic nitrogens is 2. The van der Waals surface area contributed by atoms with E-state index in [0.29, 0.717) is 17.1 Å².